The van der Waals surface area contributed by atoms with Gasteiger partial charge < -0.3 is 5.32 Å². The van der Waals surface area contributed by atoms with Gasteiger partial charge in [-0.25, -0.2) is 4.39 Å². The average Bonchev–Trinajstić information content (AvgIpc) is 2.35. The standard InChI is InChI=1S/C15H20FNO/c1-10-7-8-12(9-13(10)16)15(18)17-14-6-4-3-5-11(14)2/h7-9,11,14H,3-6H2,1-2H3,(H,17,18). The predicted molar refractivity (Wildman–Crippen MR) is 70.0 cm³/mol. The summed E-state index contributed by atoms with van der Waals surface area (Å²) in [4.78, 5) is 12.0. The van der Waals surface area contributed by atoms with E-state index in [1.165, 1.54) is 12.5 Å². The van der Waals surface area contributed by atoms with Gasteiger partial charge in [-0.2, -0.15) is 0 Å². The molecule has 1 aliphatic carbocycles. The zero-order chi connectivity index (χ0) is 13.1. The fourth-order valence-electron chi connectivity index (χ4n) is 2.52. The zero-order valence-corrected chi connectivity index (χ0v) is 11.0. The Balaban J connectivity index is 2.04. The van der Waals surface area contributed by atoms with Gasteiger partial charge in [0.2, 0.25) is 0 Å². The molecule has 18 heavy (non-hydrogen) atoms. The largest absolute Gasteiger partial charge is 0.349 e. The number of carbonyl (C=O) groups excluding carboxylic acids is 1. The second-order valence-electron chi connectivity index (χ2n) is 5.31. The molecule has 2 atom stereocenters. The van der Waals surface area contributed by atoms with Gasteiger partial charge in [-0.3, -0.25) is 4.79 Å². The summed E-state index contributed by atoms with van der Waals surface area (Å²) in [5, 5.41) is 3.03. The number of halogens is 1. The second-order valence-corrected chi connectivity index (χ2v) is 5.31. The summed E-state index contributed by atoms with van der Waals surface area (Å²) in [6.45, 7) is 3.86. The summed E-state index contributed by atoms with van der Waals surface area (Å²) in [5.74, 6) is 0.0324. The minimum atomic E-state index is -0.320. The third-order valence-electron chi connectivity index (χ3n) is 3.86. The number of benzene rings is 1. The van der Waals surface area contributed by atoms with Gasteiger partial charge >= 0.3 is 0 Å². The molecule has 0 aliphatic heterocycles. The maximum absolute atomic E-state index is 13.4. The lowest BCUT2D eigenvalue weighted by Gasteiger charge is -2.29. The van der Waals surface area contributed by atoms with E-state index < -0.39 is 0 Å². The van der Waals surface area contributed by atoms with E-state index in [4.69, 9.17) is 0 Å². The van der Waals surface area contributed by atoms with E-state index in [9.17, 15) is 9.18 Å². The van der Waals surface area contributed by atoms with Gasteiger partial charge in [-0.05, 0) is 43.4 Å². The van der Waals surface area contributed by atoms with Crippen LogP contribution in [0.15, 0.2) is 18.2 Å². The number of aryl methyl sites for hydroxylation is 1. The molecule has 3 heteroatoms. The van der Waals surface area contributed by atoms with Gasteiger partial charge in [0.15, 0.2) is 0 Å². The lowest BCUT2D eigenvalue weighted by molar-refractivity contribution is 0.0910. The number of amides is 1. The van der Waals surface area contributed by atoms with Crippen LogP contribution in [-0.2, 0) is 0 Å². The molecule has 1 aliphatic rings. The van der Waals surface area contributed by atoms with Crippen LogP contribution in [0.25, 0.3) is 0 Å². The summed E-state index contributed by atoms with van der Waals surface area (Å²) in [6.07, 6.45) is 4.60. The first-order valence-corrected chi connectivity index (χ1v) is 6.65. The van der Waals surface area contributed by atoms with Crippen LogP contribution in [0.1, 0.15) is 48.5 Å². The van der Waals surface area contributed by atoms with E-state index in [-0.39, 0.29) is 17.8 Å². The molecule has 0 saturated heterocycles. The SMILES string of the molecule is Cc1ccc(C(=O)NC2CCCCC2C)cc1F. The highest BCUT2D eigenvalue weighted by Crippen LogP contribution is 2.24. The van der Waals surface area contributed by atoms with E-state index in [1.54, 1.807) is 19.1 Å². The maximum atomic E-state index is 13.4. The van der Waals surface area contributed by atoms with Crippen molar-refractivity contribution >= 4 is 5.91 Å². The Morgan fingerprint density at radius 2 is 2.06 bits per heavy atom. The first-order valence-electron chi connectivity index (χ1n) is 6.65. The van der Waals surface area contributed by atoms with Crippen LogP contribution in [0.5, 0.6) is 0 Å². The van der Waals surface area contributed by atoms with Crippen molar-refractivity contribution in [2.45, 2.75) is 45.6 Å². The van der Waals surface area contributed by atoms with Crippen molar-refractivity contribution in [3.63, 3.8) is 0 Å². The molecule has 0 heterocycles. The Morgan fingerprint density at radius 3 is 2.72 bits per heavy atom. The average molecular weight is 249 g/mol. The highest BCUT2D eigenvalue weighted by atomic mass is 19.1. The van der Waals surface area contributed by atoms with Crippen molar-refractivity contribution in [2.24, 2.45) is 5.92 Å². The summed E-state index contributed by atoms with van der Waals surface area (Å²) >= 11 is 0. The van der Waals surface area contributed by atoms with Crippen LogP contribution in [0.2, 0.25) is 0 Å². The van der Waals surface area contributed by atoms with Gasteiger partial charge in [-0.15, -0.1) is 0 Å². The molecular weight excluding hydrogens is 229 g/mol. The zero-order valence-electron chi connectivity index (χ0n) is 11.0. The summed E-state index contributed by atoms with van der Waals surface area (Å²) in [7, 11) is 0. The van der Waals surface area contributed by atoms with Crippen molar-refractivity contribution in [2.75, 3.05) is 0 Å². The molecule has 2 unspecified atom stereocenters. The molecule has 1 fully saturated rings. The highest BCUT2D eigenvalue weighted by Gasteiger charge is 2.23. The van der Waals surface area contributed by atoms with Crippen molar-refractivity contribution < 1.29 is 9.18 Å². The lowest BCUT2D eigenvalue weighted by Crippen LogP contribution is -2.41. The molecule has 0 bridgehead atoms. The van der Waals surface area contributed by atoms with Crippen molar-refractivity contribution in [3.05, 3.63) is 35.1 Å². The molecule has 0 radical (unpaired) electrons. The fraction of sp³-hybridized carbons (Fsp3) is 0.533. The van der Waals surface area contributed by atoms with E-state index >= 15 is 0 Å². The molecule has 2 rings (SSSR count). The van der Waals surface area contributed by atoms with Crippen molar-refractivity contribution in [1.29, 1.82) is 0 Å². The van der Waals surface area contributed by atoms with Crippen LogP contribution >= 0.6 is 0 Å². The van der Waals surface area contributed by atoms with Crippen molar-refractivity contribution in [3.8, 4) is 0 Å². The normalized spacial score (nSPS) is 23.7. The topological polar surface area (TPSA) is 29.1 Å². The molecule has 1 amide bonds. The fourth-order valence-corrected chi connectivity index (χ4v) is 2.52. The highest BCUT2D eigenvalue weighted by molar-refractivity contribution is 5.94. The van der Waals surface area contributed by atoms with Crippen LogP contribution < -0.4 is 5.32 Å². The van der Waals surface area contributed by atoms with Gasteiger partial charge in [0.05, 0.1) is 0 Å². The lowest BCUT2D eigenvalue weighted by atomic mass is 9.86. The van der Waals surface area contributed by atoms with E-state index in [2.05, 4.69) is 12.2 Å². The second kappa shape index (κ2) is 5.51. The first-order chi connectivity index (χ1) is 8.58. The number of nitrogens with one attached hydrogen (secondary N) is 1. The van der Waals surface area contributed by atoms with Crippen LogP contribution in [0, 0.1) is 18.7 Å². The minimum Gasteiger partial charge on any atom is -0.349 e. The van der Waals surface area contributed by atoms with Gasteiger partial charge in [-0.1, -0.05) is 25.8 Å². The molecule has 1 aromatic rings. The molecule has 1 aromatic carbocycles. The first kappa shape index (κ1) is 13.1. The third-order valence-corrected chi connectivity index (χ3v) is 3.86. The van der Waals surface area contributed by atoms with Crippen LogP contribution in [0.3, 0.4) is 0 Å². The molecule has 1 saturated carbocycles. The summed E-state index contributed by atoms with van der Waals surface area (Å²) in [5.41, 5.74) is 0.980. The van der Waals surface area contributed by atoms with Gasteiger partial charge in [0.25, 0.3) is 5.91 Å². The Labute approximate surface area is 108 Å². The number of hydrogen-bond donors (Lipinski definition) is 1. The molecule has 0 spiro atoms. The third kappa shape index (κ3) is 2.89. The Kier molecular flexibility index (Phi) is 4.00. The Morgan fingerprint density at radius 1 is 1.33 bits per heavy atom. The van der Waals surface area contributed by atoms with E-state index in [0.717, 1.165) is 19.3 Å². The molecule has 2 nitrogen and oxygen atoms in total. The van der Waals surface area contributed by atoms with E-state index in [0.29, 0.717) is 17.0 Å². The number of rotatable bonds is 2. The molecular formula is C15H20FNO. The number of carbonyl (C=O) groups is 1. The summed E-state index contributed by atoms with van der Waals surface area (Å²) < 4.78 is 13.4. The predicted octanol–water partition coefficient (Wildman–Crippen LogP) is 3.44. The Hall–Kier alpha value is -1.38. The van der Waals surface area contributed by atoms with Gasteiger partial charge in [0.1, 0.15) is 5.82 Å². The van der Waals surface area contributed by atoms with E-state index in [1.807, 2.05) is 0 Å². The maximum Gasteiger partial charge on any atom is 0.251 e. The molecule has 1 N–H and O–H groups in total. The minimum absolute atomic E-state index is 0.160. The monoisotopic (exact) mass is 249 g/mol. The van der Waals surface area contributed by atoms with Crippen LogP contribution in [-0.4, -0.2) is 11.9 Å². The molecule has 98 valence electrons. The Bertz CT molecular complexity index is 444. The molecule has 0 aromatic heterocycles. The number of hydrogen-bond acceptors (Lipinski definition) is 1. The van der Waals surface area contributed by atoms with Gasteiger partial charge in [0, 0.05) is 11.6 Å². The van der Waals surface area contributed by atoms with Crippen LogP contribution in [0.4, 0.5) is 4.39 Å². The smallest absolute Gasteiger partial charge is 0.251 e. The van der Waals surface area contributed by atoms with Crippen molar-refractivity contribution in [1.82, 2.24) is 5.32 Å². The quantitative estimate of drug-likeness (QED) is 0.854. The summed E-state index contributed by atoms with van der Waals surface area (Å²) in [6, 6.07) is 4.88.